The van der Waals surface area contributed by atoms with Crippen molar-refractivity contribution in [1.29, 1.82) is 0 Å². The Morgan fingerprint density at radius 1 is 1.17 bits per heavy atom. The Morgan fingerprint density at radius 3 is 2.62 bits per heavy atom. The molecule has 0 amide bonds. The van der Waals surface area contributed by atoms with Gasteiger partial charge >= 0.3 is 0 Å². The molecule has 0 bridgehead atoms. The fraction of sp³-hybridized carbons (Fsp3) is 0.188. The van der Waals surface area contributed by atoms with Gasteiger partial charge in [0.15, 0.2) is 0 Å². The summed E-state index contributed by atoms with van der Waals surface area (Å²) < 4.78 is 2.62. The van der Waals surface area contributed by atoms with Crippen LogP contribution < -0.4 is 11.1 Å². The summed E-state index contributed by atoms with van der Waals surface area (Å²) in [6.07, 6.45) is 2.62. The highest BCUT2D eigenvalue weighted by Gasteiger charge is 2.13. The van der Waals surface area contributed by atoms with Gasteiger partial charge in [0, 0.05) is 24.7 Å². The smallest absolute Gasteiger partial charge is 0.288 e. The summed E-state index contributed by atoms with van der Waals surface area (Å²) in [5.74, 6) is 0. The molecule has 0 spiro atoms. The molecule has 8 nitrogen and oxygen atoms in total. The second-order valence-electron chi connectivity index (χ2n) is 5.39. The summed E-state index contributed by atoms with van der Waals surface area (Å²) in [6, 6.07) is 8.20. The van der Waals surface area contributed by atoms with Crippen LogP contribution in [-0.4, -0.2) is 19.0 Å². The largest absolute Gasteiger partial charge is 0.307 e. The van der Waals surface area contributed by atoms with Crippen LogP contribution in [0.3, 0.4) is 0 Å². The number of pyridine rings is 1. The quantitative estimate of drug-likeness (QED) is 0.534. The van der Waals surface area contributed by atoms with E-state index in [0.717, 1.165) is 0 Å². The summed E-state index contributed by atoms with van der Waals surface area (Å²) in [5, 5.41) is 11.5. The Balaban J connectivity index is 1.93. The molecule has 0 saturated carbocycles. The minimum Gasteiger partial charge on any atom is -0.307 e. The second-order valence-corrected chi connectivity index (χ2v) is 5.39. The van der Waals surface area contributed by atoms with Crippen LogP contribution in [0.5, 0.6) is 0 Å². The first kappa shape index (κ1) is 15.6. The summed E-state index contributed by atoms with van der Waals surface area (Å²) in [6.45, 7) is 1.85. The van der Waals surface area contributed by atoms with Crippen molar-refractivity contribution in [3.05, 3.63) is 79.2 Å². The summed E-state index contributed by atoms with van der Waals surface area (Å²) >= 11 is 0. The number of nitro groups is 1. The summed E-state index contributed by atoms with van der Waals surface area (Å²) in [7, 11) is 0. The average Bonchev–Trinajstić information content (AvgIpc) is 2.55. The van der Waals surface area contributed by atoms with Crippen LogP contribution in [0.2, 0.25) is 0 Å². The molecule has 2 heterocycles. The van der Waals surface area contributed by atoms with Crippen LogP contribution in [0.1, 0.15) is 5.56 Å². The maximum Gasteiger partial charge on any atom is 0.288 e. The second kappa shape index (κ2) is 6.07. The standard InChI is InChI=1S/C16H14N4O4/c1-11-8-15(21)18(9-14(11)20(23)24)6-7-19-10-17-13-5-3-2-4-12(13)16(19)22/h2-5,8-10H,6-7H2,1H3. The molecule has 0 atom stereocenters. The maximum atomic E-state index is 12.4. The van der Waals surface area contributed by atoms with Gasteiger partial charge in [0.25, 0.3) is 16.8 Å². The summed E-state index contributed by atoms with van der Waals surface area (Å²) in [5.41, 5.74) is 0.224. The zero-order valence-corrected chi connectivity index (χ0v) is 12.9. The van der Waals surface area contributed by atoms with Crippen LogP contribution in [-0.2, 0) is 13.1 Å². The first-order valence-corrected chi connectivity index (χ1v) is 7.27. The van der Waals surface area contributed by atoms with Crippen molar-refractivity contribution in [2.45, 2.75) is 20.0 Å². The van der Waals surface area contributed by atoms with Gasteiger partial charge in [0.2, 0.25) is 0 Å². The molecule has 122 valence electrons. The Kier molecular flexibility index (Phi) is 3.95. The van der Waals surface area contributed by atoms with Crippen molar-refractivity contribution in [2.24, 2.45) is 0 Å². The predicted molar refractivity (Wildman–Crippen MR) is 88.1 cm³/mol. The van der Waals surface area contributed by atoms with E-state index < -0.39 is 4.92 Å². The SMILES string of the molecule is Cc1cc(=O)n(CCn2cnc3ccccc3c2=O)cc1[N+](=O)[O-]. The van der Waals surface area contributed by atoms with Crippen LogP contribution in [0.4, 0.5) is 5.69 Å². The molecule has 0 saturated heterocycles. The van der Waals surface area contributed by atoms with E-state index in [1.807, 2.05) is 0 Å². The molecular formula is C16H14N4O4. The number of rotatable bonds is 4. The van der Waals surface area contributed by atoms with Gasteiger partial charge in [0.1, 0.15) is 0 Å². The first-order chi connectivity index (χ1) is 11.5. The number of benzene rings is 1. The molecule has 0 aliphatic heterocycles. The van der Waals surface area contributed by atoms with E-state index in [-0.39, 0.29) is 29.9 Å². The van der Waals surface area contributed by atoms with E-state index >= 15 is 0 Å². The Labute approximate surface area is 135 Å². The van der Waals surface area contributed by atoms with Gasteiger partial charge in [-0.1, -0.05) is 12.1 Å². The van der Waals surface area contributed by atoms with E-state index in [1.165, 1.54) is 34.6 Å². The number of fused-ring (bicyclic) bond motifs is 1. The van der Waals surface area contributed by atoms with Gasteiger partial charge < -0.3 is 4.57 Å². The lowest BCUT2D eigenvalue weighted by atomic mass is 10.2. The molecule has 0 aliphatic rings. The van der Waals surface area contributed by atoms with Crippen molar-refractivity contribution < 1.29 is 4.92 Å². The van der Waals surface area contributed by atoms with Crippen LogP contribution >= 0.6 is 0 Å². The Hall–Kier alpha value is -3.29. The van der Waals surface area contributed by atoms with E-state index in [9.17, 15) is 19.7 Å². The Morgan fingerprint density at radius 2 is 1.88 bits per heavy atom. The molecule has 8 heteroatoms. The van der Waals surface area contributed by atoms with E-state index in [2.05, 4.69) is 4.98 Å². The lowest BCUT2D eigenvalue weighted by molar-refractivity contribution is -0.385. The average molecular weight is 326 g/mol. The third-order valence-electron chi connectivity index (χ3n) is 3.82. The molecule has 0 fully saturated rings. The lowest BCUT2D eigenvalue weighted by Gasteiger charge is -2.09. The third-order valence-corrected chi connectivity index (χ3v) is 3.82. The maximum absolute atomic E-state index is 12.4. The highest BCUT2D eigenvalue weighted by Crippen LogP contribution is 2.14. The molecule has 1 aromatic carbocycles. The van der Waals surface area contributed by atoms with Crippen LogP contribution in [0.15, 0.2) is 52.4 Å². The van der Waals surface area contributed by atoms with Crippen molar-refractivity contribution in [3.63, 3.8) is 0 Å². The lowest BCUT2D eigenvalue weighted by Crippen LogP contribution is -2.27. The van der Waals surface area contributed by atoms with Gasteiger partial charge in [-0.05, 0) is 19.1 Å². The van der Waals surface area contributed by atoms with E-state index in [1.54, 1.807) is 24.3 Å². The number of hydrogen-bond acceptors (Lipinski definition) is 5. The Bertz CT molecular complexity index is 1050. The molecule has 24 heavy (non-hydrogen) atoms. The van der Waals surface area contributed by atoms with Gasteiger partial charge in [0.05, 0.1) is 28.4 Å². The minimum atomic E-state index is -0.533. The first-order valence-electron chi connectivity index (χ1n) is 7.27. The van der Waals surface area contributed by atoms with Crippen molar-refractivity contribution >= 4 is 16.6 Å². The molecule has 0 N–H and O–H groups in total. The number of para-hydroxylation sites is 1. The van der Waals surface area contributed by atoms with Crippen molar-refractivity contribution in [3.8, 4) is 0 Å². The monoisotopic (exact) mass is 326 g/mol. The van der Waals surface area contributed by atoms with Gasteiger partial charge in [-0.15, -0.1) is 0 Å². The summed E-state index contributed by atoms with van der Waals surface area (Å²) in [4.78, 5) is 39.0. The van der Waals surface area contributed by atoms with Crippen LogP contribution in [0.25, 0.3) is 10.9 Å². The van der Waals surface area contributed by atoms with Gasteiger partial charge in [-0.3, -0.25) is 24.3 Å². The van der Waals surface area contributed by atoms with Gasteiger partial charge in [-0.25, -0.2) is 4.98 Å². The fourth-order valence-electron chi connectivity index (χ4n) is 2.50. The molecule has 3 rings (SSSR count). The van der Waals surface area contributed by atoms with E-state index in [4.69, 9.17) is 0 Å². The molecule has 3 aromatic rings. The predicted octanol–water partition coefficient (Wildman–Crippen LogP) is 1.48. The number of nitrogens with zero attached hydrogens (tertiary/aromatic N) is 4. The molecular weight excluding hydrogens is 312 g/mol. The highest BCUT2D eigenvalue weighted by molar-refractivity contribution is 5.76. The van der Waals surface area contributed by atoms with Crippen molar-refractivity contribution in [1.82, 2.24) is 14.1 Å². The normalized spacial score (nSPS) is 10.9. The number of hydrogen-bond donors (Lipinski definition) is 0. The molecule has 0 radical (unpaired) electrons. The zero-order valence-electron chi connectivity index (χ0n) is 12.9. The highest BCUT2D eigenvalue weighted by atomic mass is 16.6. The zero-order chi connectivity index (χ0) is 17.3. The van der Waals surface area contributed by atoms with E-state index in [0.29, 0.717) is 16.5 Å². The topological polar surface area (TPSA) is 100 Å². The third kappa shape index (κ3) is 2.81. The van der Waals surface area contributed by atoms with Gasteiger partial charge in [-0.2, -0.15) is 0 Å². The van der Waals surface area contributed by atoms with Crippen LogP contribution in [0, 0.1) is 17.0 Å². The van der Waals surface area contributed by atoms with Crippen molar-refractivity contribution in [2.75, 3.05) is 0 Å². The minimum absolute atomic E-state index is 0.126. The number of aromatic nitrogens is 3. The molecule has 2 aromatic heterocycles. The molecule has 0 aliphatic carbocycles. The molecule has 0 unspecified atom stereocenters. The fourth-order valence-corrected chi connectivity index (χ4v) is 2.50. The number of aryl methyl sites for hydroxylation is 3.